The van der Waals surface area contributed by atoms with Gasteiger partial charge in [0.05, 0.1) is 16.6 Å². The maximum atomic E-state index is 13.8. The second-order valence-corrected chi connectivity index (χ2v) is 11.4. The Labute approximate surface area is 222 Å². The number of rotatable bonds is 8. The zero-order valence-corrected chi connectivity index (χ0v) is 22.1. The second kappa shape index (κ2) is 11.0. The van der Waals surface area contributed by atoms with Crippen LogP contribution in [0, 0.1) is 5.82 Å². The van der Waals surface area contributed by atoms with Crippen molar-refractivity contribution in [1.82, 2.24) is 5.32 Å². The number of anilines is 1. The predicted molar refractivity (Wildman–Crippen MR) is 143 cm³/mol. The van der Waals surface area contributed by atoms with E-state index in [1.54, 1.807) is 0 Å². The molecule has 200 valence electrons. The van der Waals surface area contributed by atoms with Crippen molar-refractivity contribution in [3.63, 3.8) is 0 Å². The van der Waals surface area contributed by atoms with E-state index >= 15 is 0 Å². The summed E-state index contributed by atoms with van der Waals surface area (Å²) in [5.41, 5.74) is 3.85. The molecule has 3 aromatic rings. The number of aryl methyl sites for hydroxylation is 2. The maximum Gasteiger partial charge on any atom is 0.264 e. The molecule has 1 N–H and O–H groups in total. The van der Waals surface area contributed by atoms with Crippen molar-refractivity contribution >= 4 is 21.6 Å². The molecular weight excluding hydrogens is 507 g/mol. The van der Waals surface area contributed by atoms with Crippen LogP contribution in [-0.4, -0.2) is 34.1 Å². The molecule has 0 spiro atoms. The topological polar surface area (TPSA) is 84.9 Å². The highest BCUT2D eigenvalue weighted by atomic mass is 32.2. The molecule has 0 fully saturated rings. The van der Waals surface area contributed by atoms with Gasteiger partial charge in [-0.1, -0.05) is 25.1 Å². The molecule has 1 amide bonds. The Morgan fingerprint density at radius 1 is 0.947 bits per heavy atom. The van der Waals surface area contributed by atoms with Crippen LogP contribution in [0.25, 0.3) is 0 Å². The smallest absolute Gasteiger partial charge is 0.264 e. The van der Waals surface area contributed by atoms with E-state index in [4.69, 9.17) is 9.47 Å². The lowest BCUT2D eigenvalue weighted by Crippen LogP contribution is -2.42. The third kappa shape index (κ3) is 5.48. The van der Waals surface area contributed by atoms with Gasteiger partial charge < -0.3 is 14.8 Å². The van der Waals surface area contributed by atoms with Crippen LogP contribution < -0.4 is 19.1 Å². The van der Waals surface area contributed by atoms with Gasteiger partial charge in [0.15, 0.2) is 11.5 Å². The minimum atomic E-state index is -4.20. The van der Waals surface area contributed by atoms with Gasteiger partial charge in [-0.05, 0) is 85.2 Å². The SMILES string of the molecule is CCC(NC(=O)CN(c1ccc(F)cc1)S(=O)(=O)c1ccc2c(c1)OCCO2)c1ccc2c(c1)CCCC2. The first kappa shape index (κ1) is 26.0. The van der Waals surface area contributed by atoms with Gasteiger partial charge in [0.1, 0.15) is 25.6 Å². The van der Waals surface area contributed by atoms with E-state index in [9.17, 15) is 17.6 Å². The standard InChI is InChI=1S/C29H31FN2O5S/c1-2-26(22-8-7-20-5-3-4-6-21(20)17-22)31-29(33)19-32(24-11-9-23(30)10-12-24)38(34,35)25-13-14-27-28(18-25)37-16-15-36-27/h7-14,17-18,26H,2-6,15-16,19H2,1H3,(H,31,33). The molecule has 0 saturated heterocycles. The molecule has 0 bridgehead atoms. The lowest BCUT2D eigenvalue weighted by Gasteiger charge is -2.27. The summed E-state index contributed by atoms with van der Waals surface area (Å²) in [6, 6.07) is 15.4. The van der Waals surface area contributed by atoms with Gasteiger partial charge in [0.2, 0.25) is 5.91 Å². The summed E-state index contributed by atoms with van der Waals surface area (Å²) in [6.45, 7) is 2.20. The van der Waals surface area contributed by atoms with Crippen LogP contribution >= 0.6 is 0 Å². The van der Waals surface area contributed by atoms with Gasteiger partial charge >= 0.3 is 0 Å². The number of halogens is 1. The third-order valence-electron chi connectivity index (χ3n) is 7.02. The molecule has 1 unspecified atom stereocenters. The Morgan fingerprint density at radius 3 is 2.39 bits per heavy atom. The number of carbonyl (C=O) groups is 1. The highest BCUT2D eigenvalue weighted by molar-refractivity contribution is 7.92. The van der Waals surface area contributed by atoms with Crippen molar-refractivity contribution in [2.24, 2.45) is 0 Å². The fraction of sp³-hybridized carbons (Fsp3) is 0.345. The minimum absolute atomic E-state index is 0.0550. The summed E-state index contributed by atoms with van der Waals surface area (Å²) >= 11 is 0. The highest BCUT2D eigenvalue weighted by Crippen LogP contribution is 2.34. The van der Waals surface area contributed by atoms with Gasteiger partial charge in [-0.3, -0.25) is 9.10 Å². The summed E-state index contributed by atoms with van der Waals surface area (Å²) in [5, 5.41) is 3.01. The molecule has 1 aliphatic carbocycles. The maximum absolute atomic E-state index is 13.8. The minimum Gasteiger partial charge on any atom is -0.486 e. The predicted octanol–water partition coefficient (Wildman–Crippen LogP) is 4.94. The normalized spacial score (nSPS) is 15.3. The zero-order chi connectivity index (χ0) is 26.7. The fourth-order valence-electron chi connectivity index (χ4n) is 5.00. The van der Waals surface area contributed by atoms with Crippen LogP contribution in [0.4, 0.5) is 10.1 Å². The Hall–Kier alpha value is -3.59. The summed E-state index contributed by atoms with van der Waals surface area (Å²) < 4.78 is 53.3. The Morgan fingerprint density at radius 2 is 1.66 bits per heavy atom. The van der Waals surface area contributed by atoms with E-state index in [1.165, 1.54) is 60.0 Å². The molecule has 0 aromatic heterocycles. The largest absolute Gasteiger partial charge is 0.486 e. The van der Waals surface area contributed by atoms with Gasteiger partial charge in [0, 0.05) is 6.07 Å². The van der Waals surface area contributed by atoms with Crippen molar-refractivity contribution in [2.45, 2.75) is 50.0 Å². The molecule has 3 aromatic carbocycles. The van der Waals surface area contributed by atoms with Crippen LogP contribution in [0.3, 0.4) is 0 Å². The van der Waals surface area contributed by atoms with E-state index in [0.29, 0.717) is 31.1 Å². The molecule has 5 rings (SSSR count). The Bertz CT molecular complexity index is 1430. The number of hydrogen-bond donors (Lipinski definition) is 1. The van der Waals surface area contributed by atoms with Crippen molar-refractivity contribution in [1.29, 1.82) is 0 Å². The number of benzene rings is 3. The lowest BCUT2D eigenvalue weighted by molar-refractivity contribution is -0.120. The van der Waals surface area contributed by atoms with E-state index in [0.717, 1.165) is 29.1 Å². The van der Waals surface area contributed by atoms with Crippen LogP contribution in [0.1, 0.15) is 48.9 Å². The van der Waals surface area contributed by atoms with E-state index in [2.05, 4.69) is 17.4 Å². The highest BCUT2D eigenvalue weighted by Gasteiger charge is 2.30. The molecular formula is C29H31FN2O5S. The molecule has 9 heteroatoms. The number of fused-ring (bicyclic) bond motifs is 2. The van der Waals surface area contributed by atoms with Crippen molar-refractivity contribution in [2.75, 3.05) is 24.1 Å². The molecule has 1 aliphatic heterocycles. The molecule has 0 saturated carbocycles. The van der Waals surface area contributed by atoms with Crippen molar-refractivity contribution in [3.8, 4) is 11.5 Å². The van der Waals surface area contributed by atoms with Gasteiger partial charge in [-0.15, -0.1) is 0 Å². The lowest BCUT2D eigenvalue weighted by atomic mass is 9.89. The van der Waals surface area contributed by atoms with Crippen LogP contribution in [-0.2, 0) is 27.7 Å². The molecule has 38 heavy (non-hydrogen) atoms. The molecule has 0 radical (unpaired) electrons. The number of sulfonamides is 1. The van der Waals surface area contributed by atoms with E-state index < -0.39 is 28.3 Å². The van der Waals surface area contributed by atoms with Gasteiger partial charge in [0.25, 0.3) is 10.0 Å². The first-order valence-corrected chi connectivity index (χ1v) is 14.4. The summed E-state index contributed by atoms with van der Waals surface area (Å²) in [6.07, 6.45) is 5.10. The first-order valence-electron chi connectivity index (χ1n) is 12.9. The monoisotopic (exact) mass is 538 g/mol. The second-order valence-electron chi connectivity index (χ2n) is 9.56. The zero-order valence-electron chi connectivity index (χ0n) is 21.3. The summed E-state index contributed by atoms with van der Waals surface area (Å²) in [5.74, 6) is -0.190. The Kier molecular flexibility index (Phi) is 7.56. The fourth-order valence-corrected chi connectivity index (χ4v) is 6.43. The first-order chi connectivity index (χ1) is 18.3. The number of ether oxygens (including phenoxy) is 2. The van der Waals surface area contributed by atoms with Crippen molar-refractivity contribution < 1.29 is 27.1 Å². The van der Waals surface area contributed by atoms with Crippen LogP contribution in [0.2, 0.25) is 0 Å². The van der Waals surface area contributed by atoms with Gasteiger partial charge in [-0.2, -0.15) is 0 Å². The average Bonchev–Trinajstić information content (AvgIpc) is 2.94. The number of carbonyl (C=O) groups excluding carboxylic acids is 1. The van der Waals surface area contributed by atoms with E-state index in [-0.39, 0.29) is 16.6 Å². The summed E-state index contributed by atoms with van der Waals surface area (Å²) in [7, 11) is -4.20. The van der Waals surface area contributed by atoms with Crippen molar-refractivity contribution in [3.05, 3.63) is 83.2 Å². The summed E-state index contributed by atoms with van der Waals surface area (Å²) in [4.78, 5) is 13.2. The quantitative estimate of drug-likeness (QED) is 0.439. The molecule has 2 aliphatic rings. The third-order valence-corrected chi connectivity index (χ3v) is 8.79. The van der Waals surface area contributed by atoms with Crippen LogP contribution in [0.5, 0.6) is 11.5 Å². The van der Waals surface area contributed by atoms with Crippen LogP contribution in [0.15, 0.2) is 65.6 Å². The number of hydrogen-bond acceptors (Lipinski definition) is 5. The molecule has 7 nitrogen and oxygen atoms in total. The molecule has 1 heterocycles. The van der Waals surface area contributed by atoms with Gasteiger partial charge in [-0.25, -0.2) is 12.8 Å². The van der Waals surface area contributed by atoms with E-state index in [1.807, 2.05) is 13.0 Å². The number of amides is 1. The Balaban J connectivity index is 1.41. The number of nitrogens with zero attached hydrogens (tertiary/aromatic N) is 1. The number of nitrogens with one attached hydrogen (secondary N) is 1. The molecule has 1 atom stereocenters. The average molecular weight is 539 g/mol.